The van der Waals surface area contributed by atoms with Crippen LogP contribution in [0.3, 0.4) is 0 Å². The molecule has 0 unspecified atom stereocenters. The van der Waals surface area contributed by atoms with Crippen molar-refractivity contribution in [3.05, 3.63) is 23.4 Å². The summed E-state index contributed by atoms with van der Waals surface area (Å²) in [7, 11) is 0. The second-order valence-corrected chi connectivity index (χ2v) is 2.44. The van der Waals surface area contributed by atoms with Gasteiger partial charge in [0, 0.05) is 12.2 Å². The highest BCUT2D eigenvalue weighted by molar-refractivity contribution is 5.31. The molecule has 48 valence electrons. The van der Waals surface area contributed by atoms with Crippen LogP contribution in [-0.4, -0.2) is 6.54 Å². The molecule has 1 aliphatic heterocycles. The molecule has 0 fully saturated rings. The van der Waals surface area contributed by atoms with Gasteiger partial charge in [-0.15, -0.1) is 0 Å². The van der Waals surface area contributed by atoms with Crippen LogP contribution in [0.5, 0.6) is 0 Å². The number of allylic oxidation sites excluding steroid dienone is 2. The summed E-state index contributed by atoms with van der Waals surface area (Å²) in [6.45, 7) is 1.03. The largest absolute Gasteiger partial charge is 0.321 e. The third kappa shape index (κ3) is 0.754. The van der Waals surface area contributed by atoms with Crippen LogP contribution in [0.4, 0.5) is 0 Å². The predicted octanol–water partition coefficient (Wildman–Crippen LogP) is 0.698. The Balaban J connectivity index is 2.28. The van der Waals surface area contributed by atoms with Crippen molar-refractivity contribution in [2.75, 3.05) is 6.54 Å². The highest BCUT2D eigenvalue weighted by Gasteiger charge is 2.12. The number of hydrogen-bond acceptors (Lipinski definition) is 2. The van der Waals surface area contributed by atoms with Gasteiger partial charge in [-0.25, -0.2) is 5.43 Å². The molecule has 0 saturated heterocycles. The first-order valence-electron chi connectivity index (χ1n) is 3.34. The fourth-order valence-electron chi connectivity index (χ4n) is 1.27. The quantitative estimate of drug-likeness (QED) is 0.494. The number of rotatable bonds is 0. The zero-order valence-corrected chi connectivity index (χ0v) is 5.28. The molecule has 1 heterocycles. The van der Waals surface area contributed by atoms with Crippen molar-refractivity contribution in [2.24, 2.45) is 0 Å². The van der Waals surface area contributed by atoms with Gasteiger partial charge >= 0.3 is 0 Å². The molecule has 0 amide bonds. The van der Waals surface area contributed by atoms with E-state index < -0.39 is 0 Å². The number of hydrazine groups is 1. The minimum absolute atomic E-state index is 1.03. The summed E-state index contributed by atoms with van der Waals surface area (Å²) in [6.07, 6.45) is 6.80. The lowest BCUT2D eigenvalue weighted by Crippen LogP contribution is -2.22. The van der Waals surface area contributed by atoms with Gasteiger partial charge in [0.1, 0.15) is 0 Å². The first-order chi connectivity index (χ1) is 4.47. The van der Waals surface area contributed by atoms with Crippen molar-refractivity contribution in [1.29, 1.82) is 0 Å². The fraction of sp³-hybridized carbons (Fsp3) is 0.429. The molecule has 9 heavy (non-hydrogen) atoms. The van der Waals surface area contributed by atoms with Crippen LogP contribution < -0.4 is 10.9 Å². The maximum absolute atomic E-state index is 3.10. The Morgan fingerprint density at radius 3 is 3.33 bits per heavy atom. The predicted molar refractivity (Wildman–Crippen MR) is 36.5 cm³/mol. The molecule has 2 rings (SSSR count). The van der Waals surface area contributed by atoms with Crippen molar-refractivity contribution in [1.82, 2.24) is 10.9 Å². The minimum Gasteiger partial charge on any atom is -0.321 e. The number of hydrogen-bond donors (Lipinski definition) is 2. The van der Waals surface area contributed by atoms with E-state index in [1.165, 1.54) is 24.1 Å². The Kier molecular flexibility index (Phi) is 1.06. The molecule has 0 radical (unpaired) electrons. The molecule has 2 nitrogen and oxygen atoms in total. The molecule has 0 aromatic heterocycles. The highest BCUT2D eigenvalue weighted by atomic mass is 15.4. The first-order valence-corrected chi connectivity index (χ1v) is 3.34. The fourth-order valence-corrected chi connectivity index (χ4v) is 1.27. The summed E-state index contributed by atoms with van der Waals surface area (Å²) in [5.74, 6) is 0. The molecular weight excluding hydrogens is 112 g/mol. The van der Waals surface area contributed by atoms with E-state index in [0.29, 0.717) is 0 Å². The van der Waals surface area contributed by atoms with E-state index in [1.807, 2.05) is 0 Å². The zero-order valence-electron chi connectivity index (χ0n) is 5.28. The Bertz CT molecular complexity index is 179. The molecule has 2 aliphatic rings. The summed E-state index contributed by atoms with van der Waals surface area (Å²) < 4.78 is 0. The summed E-state index contributed by atoms with van der Waals surface area (Å²) in [5.41, 5.74) is 9.01. The van der Waals surface area contributed by atoms with Crippen LogP contribution in [-0.2, 0) is 0 Å². The molecular formula is C7H10N2. The Morgan fingerprint density at radius 1 is 1.44 bits per heavy atom. The van der Waals surface area contributed by atoms with Gasteiger partial charge in [0.05, 0.1) is 0 Å². The highest BCUT2D eigenvalue weighted by Crippen LogP contribution is 2.18. The summed E-state index contributed by atoms with van der Waals surface area (Å²) in [4.78, 5) is 0. The van der Waals surface area contributed by atoms with Gasteiger partial charge in [-0.3, -0.25) is 0 Å². The molecule has 0 atom stereocenters. The van der Waals surface area contributed by atoms with Crippen LogP contribution in [0.1, 0.15) is 12.8 Å². The third-order valence-corrected chi connectivity index (χ3v) is 1.80. The van der Waals surface area contributed by atoms with E-state index in [4.69, 9.17) is 0 Å². The Morgan fingerprint density at radius 2 is 2.44 bits per heavy atom. The van der Waals surface area contributed by atoms with Gasteiger partial charge in [-0.05, 0) is 24.5 Å². The van der Waals surface area contributed by atoms with Crippen molar-refractivity contribution in [2.45, 2.75) is 12.8 Å². The molecule has 0 spiro atoms. The minimum atomic E-state index is 1.03. The molecule has 0 saturated carbocycles. The lowest BCUT2D eigenvalue weighted by Gasteiger charge is -2.04. The van der Waals surface area contributed by atoms with Crippen LogP contribution in [0.2, 0.25) is 0 Å². The third-order valence-electron chi connectivity index (χ3n) is 1.80. The van der Waals surface area contributed by atoms with Crippen LogP contribution in [0, 0.1) is 0 Å². The second-order valence-electron chi connectivity index (χ2n) is 2.44. The van der Waals surface area contributed by atoms with Crippen LogP contribution >= 0.6 is 0 Å². The Hall–Kier alpha value is -0.760. The SMILES string of the molecule is C1=CC2=C(CC1)CNN2. The van der Waals surface area contributed by atoms with Crippen molar-refractivity contribution >= 4 is 0 Å². The Labute approximate surface area is 54.6 Å². The van der Waals surface area contributed by atoms with Crippen LogP contribution in [0.25, 0.3) is 0 Å². The molecule has 0 aromatic carbocycles. The molecule has 0 aromatic rings. The van der Waals surface area contributed by atoms with Crippen molar-refractivity contribution in [3.8, 4) is 0 Å². The number of nitrogens with one attached hydrogen (secondary N) is 2. The van der Waals surface area contributed by atoms with Crippen LogP contribution in [0.15, 0.2) is 23.4 Å². The second kappa shape index (κ2) is 1.88. The van der Waals surface area contributed by atoms with E-state index in [-0.39, 0.29) is 0 Å². The normalized spacial score (nSPS) is 24.0. The summed E-state index contributed by atoms with van der Waals surface area (Å²) >= 11 is 0. The molecule has 2 N–H and O–H groups in total. The van der Waals surface area contributed by atoms with Gasteiger partial charge in [0.15, 0.2) is 0 Å². The zero-order chi connectivity index (χ0) is 6.10. The van der Waals surface area contributed by atoms with Gasteiger partial charge in [-0.1, -0.05) is 6.08 Å². The average molecular weight is 122 g/mol. The van der Waals surface area contributed by atoms with Crippen molar-refractivity contribution in [3.63, 3.8) is 0 Å². The maximum atomic E-state index is 3.10. The average Bonchev–Trinajstić information content (AvgIpc) is 2.33. The van der Waals surface area contributed by atoms with Gasteiger partial charge in [0.2, 0.25) is 0 Å². The van der Waals surface area contributed by atoms with Crippen molar-refractivity contribution < 1.29 is 0 Å². The van der Waals surface area contributed by atoms with E-state index in [9.17, 15) is 0 Å². The monoisotopic (exact) mass is 122 g/mol. The van der Waals surface area contributed by atoms with E-state index in [1.54, 1.807) is 0 Å². The van der Waals surface area contributed by atoms with E-state index >= 15 is 0 Å². The molecule has 0 bridgehead atoms. The maximum Gasteiger partial charge on any atom is 0.0490 e. The lowest BCUT2D eigenvalue weighted by atomic mass is 10.0. The molecule has 1 aliphatic carbocycles. The first kappa shape index (κ1) is 5.06. The van der Waals surface area contributed by atoms with E-state index in [0.717, 1.165) is 6.54 Å². The summed E-state index contributed by atoms with van der Waals surface area (Å²) in [6, 6.07) is 0. The summed E-state index contributed by atoms with van der Waals surface area (Å²) in [5, 5.41) is 0. The standard InChI is InChI=1S/C7H10N2/c1-2-4-7-6(3-1)5-8-9-7/h2,4,8-9H,1,3,5H2. The lowest BCUT2D eigenvalue weighted by molar-refractivity contribution is 0.705. The van der Waals surface area contributed by atoms with Gasteiger partial charge in [-0.2, -0.15) is 0 Å². The smallest absolute Gasteiger partial charge is 0.0490 e. The van der Waals surface area contributed by atoms with E-state index in [2.05, 4.69) is 23.0 Å². The van der Waals surface area contributed by atoms with Gasteiger partial charge < -0.3 is 5.43 Å². The van der Waals surface area contributed by atoms with Gasteiger partial charge in [0.25, 0.3) is 0 Å². The topological polar surface area (TPSA) is 24.1 Å². The molecule has 2 heteroatoms.